The van der Waals surface area contributed by atoms with Crippen molar-refractivity contribution in [2.45, 2.75) is 19.4 Å². The third kappa shape index (κ3) is 2.65. The van der Waals surface area contributed by atoms with Crippen molar-refractivity contribution in [2.75, 3.05) is 13.7 Å². The first-order valence-corrected chi connectivity index (χ1v) is 6.21. The van der Waals surface area contributed by atoms with Crippen LogP contribution in [0, 0.1) is 4.77 Å². The molecule has 0 aromatic carbocycles. The minimum absolute atomic E-state index is 0.228. The van der Waals surface area contributed by atoms with E-state index in [2.05, 4.69) is 22.1 Å². The van der Waals surface area contributed by atoms with Gasteiger partial charge in [0.05, 0.1) is 0 Å². The molecular formula is C12H16N4OS. The molecule has 1 atom stereocenters. The predicted octanol–water partition coefficient (Wildman–Crippen LogP) is 2.60. The van der Waals surface area contributed by atoms with Gasteiger partial charge in [-0.1, -0.05) is 0 Å². The molecule has 0 bridgehead atoms. The second-order valence-corrected chi connectivity index (χ2v) is 4.48. The van der Waals surface area contributed by atoms with Crippen molar-refractivity contribution >= 4 is 12.2 Å². The molecule has 0 radical (unpaired) electrons. The number of methoxy groups -OCH3 is 1. The maximum Gasteiger partial charge on any atom is 0.195 e. The maximum absolute atomic E-state index is 5.28. The second-order valence-electron chi connectivity index (χ2n) is 4.09. The SMILES string of the molecule is COCCC(C)n1c(-c2cccnc2)n[nH]c1=S. The summed E-state index contributed by atoms with van der Waals surface area (Å²) in [5.74, 6) is 0.816. The van der Waals surface area contributed by atoms with Crippen molar-refractivity contribution < 1.29 is 4.74 Å². The maximum atomic E-state index is 5.28. The molecule has 0 aliphatic heterocycles. The second kappa shape index (κ2) is 5.88. The fourth-order valence-corrected chi connectivity index (χ4v) is 2.14. The molecule has 0 aliphatic rings. The van der Waals surface area contributed by atoms with Crippen LogP contribution in [0.15, 0.2) is 24.5 Å². The molecule has 0 spiro atoms. The zero-order valence-corrected chi connectivity index (χ0v) is 11.3. The quantitative estimate of drug-likeness (QED) is 0.843. The third-order valence-electron chi connectivity index (χ3n) is 2.80. The lowest BCUT2D eigenvalue weighted by atomic mass is 10.2. The third-order valence-corrected chi connectivity index (χ3v) is 3.09. The fourth-order valence-electron chi connectivity index (χ4n) is 1.83. The molecule has 1 unspecified atom stereocenters. The summed E-state index contributed by atoms with van der Waals surface area (Å²) in [5, 5.41) is 7.12. The molecule has 0 saturated carbocycles. The Kier molecular flexibility index (Phi) is 4.22. The van der Waals surface area contributed by atoms with E-state index in [1.165, 1.54) is 0 Å². The molecule has 2 aromatic heterocycles. The highest BCUT2D eigenvalue weighted by molar-refractivity contribution is 7.71. The van der Waals surface area contributed by atoms with Gasteiger partial charge in [0.2, 0.25) is 0 Å². The molecule has 0 aliphatic carbocycles. The minimum atomic E-state index is 0.228. The molecule has 2 heterocycles. The van der Waals surface area contributed by atoms with Crippen molar-refractivity contribution in [3.63, 3.8) is 0 Å². The van der Waals surface area contributed by atoms with Crippen LogP contribution >= 0.6 is 12.2 Å². The number of nitrogens with zero attached hydrogens (tertiary/aromatic N) is 3. The van der Waals surface area contributed by atoms with E-state index in [-0.39, 0.29) is 6.04 Å². The summed E-state index contributed by atoms with van der Waals surface area (Å²) in [6.45, 7) is 2.80. The highest BCUT2D eigenvalue weighted by atomic mass is 32.1. The Morgan fingerprint density at radius 2 is 2.39 bits per heavy atom. The highest BCUT2D eigenvalue weighted by Gasteiger charge is 2.14. The van der Waals surface area contributed by atoms with E-state index in [9.17, 15) is 0 Å². The Morgan fingerprint density at radius 3 is 3.06 bits per heavy atom. The van der Waals surface area contributed by atoms with E-state index in [0.29, 0.717) is 11.4 Å². The molecule has 0 amide bonds. The van der Waals surface area contributed by atoms with Crippen LogP contribution < -0.4 is 0 Å². The lowest BCUT2D eigenvalue weighted by Crippen LogP contribution is -2.09. The van der Waals surface area contributed by atoms with Gasteiger partial charge in [-0.3, -0.25) is 14.6 Å². The summed E-state index contributed by atoms with van der Waals surface area (Å²) >= 11 is 5.28. The van der Waals surface area contributed by atoms with Gasteiger partial charge in [0.25, 0.3) is 0 Å². The molecule has 2 rings (SSSR count). The van der Waals surface area contributed by atoms with E-state index < -0.39 is 0 Å². The summed E-state index contributed by atoms with van der Waals surface area (Å²) in [5.41, 5.74) is 0.953. The van der Waals surface area contributed by atoms with Gasteiger partial charge < -0.3 is 4.74 Å². The number of aromatic amines is 1. The Hall–Kier alpha value is -1.53. The van der Waals surface area contributed by atoms with Crippen molar-refractivity contribution in [2.24, 2.45) is 0 Å². The number of ether oxygens (including phenoxy) is 1. The van der Waals surface area contributed by atoms with Crippen LogP contribution in [0.2, 0.25) is 0 Å². The van der Waals surface area contributed by atoms with E-state index in [4.69, 9.17) is 17.0 Å². The molecule has 5 nitrogen and oxygen atoms in total. The smallest absolute Gasteiger partial charge is 0.195 e. The molecule has 0 fully saturated rings. The van der Waals surface area contributed by atoms with Gasteiger partial charge in [0.15, 0.2) is 10.6 Å². The normalized spacial score (nSPS) is 12.6. The van der Waals surface area contributed by atoms with Gasteiger partial charge in [0, 0.05) is 37.7 Å². The number of rotatable bonds is 5. The zero-order valence-electron chi connectivity index (χ0n) is 10.5. The molecule has 18 heavy (non-hydrogen) atoms. The number of aromatic nitrogens is 4. The van der Waals surface area contributed by atoms with Gasteiger partial charge in [-0.15, -0.1) is 0 Å². The number of nitrogens with one attached hydrogen (secondary N) is 1. The van der Waals surface area contributed by atoms with Gasteiger partial charge >= 0.3 is 0 Å². The Balaban J connectivity index is 2.36. The Bertz CT molecular complexity index is 549. The molecule has 0 saturated heterocycles. The van der Waals surface area contributed by atoms with Gasteiger partial charge in [-0.05, 0) is 37.7 Å². The Morgan fingerprint density at radius 1 is 1.56 bits per heavy atom. The Labute approximate surface area is 111 Å². The van der Waals surface area contributed by atoms with Gasteiger partial charge in [0.1, 0.15) is 0 Å². The van der Waals surface area contributed by atoms with Crippen LogP contribution in [-0.4, -0.2) is 33.5 Å². The lowest BCUT2D eigenvalue weighted by Gasteiger charge is -2.14. The van der Waals surface area contributed by atoms with Gasteiger partial charge in [-0.25, -0.2) is 0 Å². The van der Waals surface area contributed by atoms with Crippen molar-refractivity contribution in [1.29, 1.82) is 0 Å². The van der Waals surface area contributed by atoms with Crippen LogP contribution in [0.4, 0.5) is 0 Å². The molecule has 1 N–H and O–H groups in total. The zero-order chi connectivity index (χ0) is 13.0. The number of pyridine rings is 1. The number of H-pyrrole nitrogens is 1. The van der Waals surface area contributed by atoms with E-state index in [1.807, 2.05) is 16.7 Å². The van der Waals surface area contributed by atoms with Crippen molar-refractivity contribution in [1.82, 2.24) is 19.7 Å². The monoisotopic (exact) mass is 264 g/mol. The van der Waals surface area contributed by atoms with Crippen LogP contribution in [0.3, 0.4) is 0 Å². The summed E-state index contributed by atoms with van der Waals surface area (Å²) in [6, 6.07) is 4.08. The topological polar surface area (TPSA) is 55.7 Å². The summed E-state index contributed by atoms with van der Waals surface area (Å²) < 4.78 is 7.73. The van der Waals surface area contributed by atoms with Crippen LogP contribution in [-0.2, 0) is 4.74 Å². The minimum Gasteiger partial charge on any atom is -0.385 e. The van der Waals surface area contributed by atoms with Crippen LogP contribution in [0.1, 0.15) is 19.4 Å². The highest BCUT2D eigenvalue weighted by Crippen LogP contribution is 2.21. The molecular weight excluding hydrogens is 248 g/mol. The number of hydrogen-bond acceptors (Lipinski definition) is 4. The van der Waals surface area contributed by atoms with E-state index >= 15 is 0 Å². The number of hydrogen-bond donors (Lipinski definition) is 1. The largest absolute Gasteiger partial charge is 0.385 e. The van der Waals surface area contributed by atoms with E-state index in [0.717, 1.165) is 17.8 Å². The molecule has 96 valence electrons. The first kappa shape index (κ1) is 12.9. The average Bonchev–Trinajstić information content (AvgIpc) is 2.79. The lowest BCUT2D eigenvalue weighted by molar-refractivity contribution is 0.181. The molecule has 2 aromatic rings. The van der Waals surface area contributed by atoms with E-state index in [1.54, 1.807) is 19.5 Å². The summed E-state index contributed by atoms with van der Waals surface area (Å²) in [4.78, 5) is 4.11. The van der Waals surface area contributed by atoms with Crippen molar-refractivity contribution in [3.05, 3.63) is 29.3 Å². The van der Waals surface area contributed by atoms with Gasteiger partial charge in [-0.2, -0.15) is 5.10 Å². The first-order valence-electron chi connectivity index (χ1n) is 5.80. The standard InChI is InChI=1S/C12H16N4OS/c1-9(5-7-17-2)16-11(14-15-12(16)18)10-4-3-6-13-8-10/h3-4,6,8-9H,5,7H2,1-2H3,(H,15,18). The summed E-state index contributed by atoms with van der Waals surface area (Å²) in [6.07, 6.45) is 4.41. The van der Waals surface area contributed by atoms with Crippen LogP contribution in [0.25, 0.3) is 11.4 Å². The molecule has 6 heteroatoms. The average molecular weight is 264 g/mol. The predicted molar refractivity (Wildman–Crippen MR) is 71.8 cm³/mol. The van der Waals surface area contributed by atoms with Crippen LogP contribution in [0.5, 0.6) is 0 Å². The summed E-state index contributed by atoms with van der Waals surface area (Å²) in [7, 11) is 1.70. The first-order chi connectivity index (χ1) is 8.74. The fraction of sp³-hybridized carbons (Fsp3) is 0.417. The van der Waals surface area contributed by atoms with Crippen molar-refractivity contribution in [3.8, 4) is 11.4 Å².